The molecule has 0 spiro atoms. The zero-order valence-corrected chi connectivity index (χ0v) is 20.7. The molecule has 4 rings (SSSR count). The molecule has 0 unspecified atom stereocenters. The van der Waals surface area contributed by atoms with Crippen LogP contribution in [0.15, 0.2) is 77.5 Å². The van der Waals surface area contributed by atoms with Gasteiger partial charge in [0.25, 0.3) is 17.7 Å². The van der Waals surface area contributed by atoms with E-state index in [0.717, 1.165) is 32.8 Å². The molecule has 3 aromatic carbocycles. The first-order valence-corrected chi connectivity index (χ1v) is 11.7. The van der Waals surface area contributed by atoms with Crippen molar-refractivity contribution in [2.75, 3.05) is 5.32 Å². The Kier molecular flexibility index (Phi) is 7.24. The molecule has 35 heavy (non-hydrogen) atoms. The van der Waals surface area contributed by atoms with Crippen molar-refractivity contribution in [1.29, 1.82) is 0 Å². The van der Waals surface area contributed by atoms with Crippen LogP contribution in [0, 0.1) is 13.8 Å². The van der Waals surface area contributed by atoms with E-state index in [1.807, 2.05) is 32.0 Å². The second kappa shape index (κ2) is 10.3. The number of aryl methyl sites for hydroxylation is 2. The highest BCUT2D eigenvalue weighted by atomic mass is 35.5. The number of rotatable bonds is 7. The number of nitrogens with zero attached hydrogens (tertiary/aromatic N) is 1. The summed E-state index contributed by atoms with van der Waals surface area (Å²) in [5.41, 5.74) is 4.96. The number of hydrogen-bond donors (Lipinski definition) is 2. The monoisotopic (exact) mass is 507 g/mol. The van der Waals surface area contributed by atoms with Gasteiger partial charge in [0.1, 0.15) is 10.7 Å². The normalized spacial score (nSPS) is 13.4. The Morgan fingerprint density at radius 3 is 2.20 bits per heavy atom. The van der Waals surface area contributed by atoms with Crippen LogP contribution in [0.5, 0.6) is 0 Å². The molecule has 0 aromatic heterocycles. The van der Waals surface area contributed by atoms with Gasteiger partial charge in [-0.25, -0.2) is 0 Å². The third kappa shape index (κ3) is 5.56. The summed E-state index contributed by atoms with van der Waals surface area (Å²) in [5, 5.41) is 6.33. The molecule has 6 nitrogen and oxygen atoms in total. The summed E-state index contributed by atoms with van der Waals surface area (Å²) >= 11 is 12.1. The predicted octanol–water partition coefficient (Wildman–Crippen LogP) is 5.32. The highest BCUT2D eigenvalue weighted by molar-refractivity contribution is 6.47. The molecular formula is C27H23Cl2N3O3. The minimum Gasteiger partial charge on any atom is -0.375 e. The largest absolute Gasteiger partial charge is 0.375 e. The molecule has 1 heterocycles. The number of halogens is 2. The minimum absolute atomic E-state index is 0.0578. The first-order valence-electron chi connectivity index (χ1n) is 10.9. The maximum Gasteiger partial charge on any atom is 0.278 e. The van der Waals surface area contributed by atoms with E-state index < -0.39 is 11.8 Å². The maximum atomic E-state index is 12.8. The van der Waals surface area contributed by atoms with E-state index >= 15 is 0 Å². The Labute approximate surface area is 213 Å². The SMILES string of the molecule is Cc1ccc(C)c(NC(=O)c2ccc(CNC3=C(Cl)C(=O)N(Cc4ccc(Cl)cc4)C3=O)cc2)c1. The lowest BCUT2D eigenvalue weighted by atomic mass is 10.1. The number of hydrogen-bond acceptors (Lipinski definition) is 4. The van der Waals surface area contributed by atoms with Gasteiger partial charge in [0.2, 0.25) is 0 Å². The quantitative estimate of drug-likeness (QED) is 0.424. The van der Waals surface area contributed by atoms with Crippen LogP contribution in [0.4, 0.5) is 5.69 Å². The number of carbonyl (C=O) groups is 3. The number of amides is 3. The second-order valence-corrected chi connectivity index (χ2v) is 9.15. The van der Waals surface area contributed by atoms with Gasteiger partial charge >= 0.3 is 0 Å². The number of anilines is 1. The number of imide groups is 1. The molecule has 2 N–H and O–H groups in total. The number of nitrogens with one attached hydrogen (secondary N) is 2. The van der Waals surface area contributed by atoms with Crippen LogP contribution in [0.1, 0.15) is 32.6 Å². The van der Waals surface area contributed by atoms with E-state index in [4.69, 9.17) is 23.2 Å². The van der Waals surface area contributed by atoms with Crippen molar-refractivity contribution in [2.45, 2.75) is 26.9 Å². The predicted molar refractivity (Wildman–Crippen MR) is 137 cm³/mol. The molecule has 0 saturated heterocycles. The number of carbonyl (C=O) groups excluding carboxylic acids is 3. The van der Waals surface area contributed by atoms with Gasteiger partial charge in [-0.05, 0) is 66.4 Å². The van der Waals surface area contributed by atoms with Crippen LogP contribution in [-0.2, 0) is 22.7 Å². The van der Waals surface area contributed by atoms with Crippen molar-refractivity contribution in [1.82, 2.24) is 10.2 Å². The van der Waals surface area contributed by atoms with Gasteiger partial charge in [-0.1, -0.05) is 59.6 Å². The fraction of sp³-hybridized carbons (Fsp3) is 0.148. The van der Waals surface area contributed by atoms with Gasteiger partial charge in [-0.2, -0.15) is 0 Å². The van der Waals surface area contributed by atoms with Crippen molar-refractivity contribution in [3.05, 3.63) is 110 Å². The van der Waals surface area contributed by atoms with Crippen molar-refractivity contribution < 1.29 is 14.4 Å². The van der Waals surface area contributed by atoms with Gasteiger partial charge < -0.3 is 10.6 Å². The lowest BCUT2D eigenvalue weighted by molar-refractivity contribution is -0.138. The molecule has 0 saturated carbocycles. The fourth-order valence-electron chi connectivity index (χ4n) is 3.65. The Bertz CT molecular complexity index is 1330. The lowest BCUT2D eigenvalue weighted by Gasteiger charge is -2.15. The van der Waals surface area contributed by atoms with E-state index in [2.05, 4.69) is 10.6 Å². The summed E-state index contributed by atoms with van der Waals surface area (Å²) < 4.78 is 0. The Balaban J connectivity index is 1.38. The lowest BCUT2D eigenvalue weighted by Crippen LogP contribution is -2.33. The summed E-state index contributed by atoms with van der Waals surface area (Å²) in [6, 6.07) is 19.8. The first-order chi connectivity index (χ1) is 16.7. The van der Waals surface area contributed by atoms with Crippen LogP contribution in [0.25, 0.3) is 0 Å². The summed E-state index contributed by atoms with van der Waals surface area (Å²) in [7, 11) is 0. The topological polar surface area (TPSA) is 78.5 Å². The van der Waals surface area contributed by atoms with Gasteiger partial charge in [0.15, 0.2) is 0 Å². The van der Waals surface area contributed by atoms with Gasteiger partial charge in [-0.3, -0.25) is 19.3 Å². The summed E-state index contributed by atoms with van der Waals surface area (Å²) in [5.74, 6) is -1.24. The third-order valence-electron chi connectivity index (χ3n) is 5.69. The van der Waals surface area contributed by atoms with Crippen molar-refractivity contribution in [3.63, 3.8) is 0 Å². The highest BCUT2D eigenvalue weighted by Crippen LogP contribution is 2.25. The fourth-order valence-corrected chi connectivity index (χ4v) is 4.02. The van der Waals surface area contributed by atoms with E-state index in [1.54, 1.807) is 48.5 Å². The molecular weight excluding hydrogens is 485 g/mol. The first kappa shape index (κ1) is 24.5. The number of benzene rings is 3. The van der Waals surface area contributed by atoms with Crippen LogP contribution >= 0.6 is 23.2 Å². The van der Waals surface area contributed by atoms with Crippen LogP contribution in [0.2, 0.25) is 5.02 Å². The summed E-state index contributed by atoms with van der Waals surface area (Å²) in [6.07, 6.45) is 0. The summed E-state index contributed by atoms with van der Waals surface area (Å²) in [6.45, 7) is 4.27. The molecule has 0 radical (unpaired) electrons. The van der Waals surface area contributed by atoms with Crippen molar-refractivity contribution in [3.8, 4) is 0 Å². The van der Waals surface area contributed by atoms with E-state index in [1.165, 1.54) is 0 Å². The molecule has 3 aromatic rings. The van der Waals surface area contributed by atoms with E-state index in [0.29, 0.717) is 10.6 Å². The average molecular weight is 508 g/mol. The van der Waals surface area contributed by atoms with E-state index in [9.17, 15) is 14.4 Å². The zero-order chi connectivity index (χ0) is 25.1. The van der Waals surface area contributed by atoms with Crippen LogP contribution in [-0.4, -0.2) is 22.6 Å². The minimum atomic E-state index is -0.549. The Morgan fingerprint density at radius 1 is 0.857 bits per heavy atom. The molecule has 8 heteroatoms. The molecule has 1 aliphatic heterocycles. The third-order valence-corrected chi connectivity index (χ3v) is 6.29. The molecule has 0 bridgehead atoms. The Hall–Kier alpha value is -3.61. The standard InChI is InChI=1S/C27H23Cl2N3O3/c1-16-3-4-17(2)22(13-16)31-25(33)20-9-5-18(6-10-20)14-30-24-23(29)26(34)32(27(24)35)15-19-7-11-21(28)12-8-19/h3-13,30H,14-15H2,1-2H3,(H,31,33). The molecule has 178 valence electrons. The second-order valence-electron chi connectivity index (χ2n) is 8.33. The smallest absolute Gasteiger partial charge is 0.278 e. The van der Waals surface area contributed by atoms with Crippen LogP contribution in [0.3, 0.4) is 0 Å². The van der Waals surface area contributed by atoms with E-state index in [-0.39, 0.29) is 29.7 Å². The molecule has 0 atom stereocenters. The Morgan fingerprint density at radius 2 is 1.51 bits per heavy atom. The average Bonchev–Trinajstić information content (AvgIpc) is 3.04. The zero-order valence-electron chi connectivity index (χ0n) is 19.2. The van der Waals surface area contributed by atoms with Gasteiger partial charge in [-0.15, -0.1) is 0 Å². The molecule has 0 fully saturated rings. The maximum absolute atomic E-state index is 12.8. The van der Waals surface area contributed by atoms with Crippen molar-refractivity contribution in [2.24, 2.45) is 0 Å². The molecule has 0 aliphatic carbocycles. The van der Waals surface area contributed by atoms with Crippen molar-refractivity contribution >= 4 is 46.6 Å². The van der Waals surface area contributed by atoms with Gasteiger partial charge in [0, 0.05) is 22.8 Å². The molecule has 3 amide bonds. The summed E-state index contributed by atoms with van der Waals surface area (Å²) in [4.78, 5) is 39.1. The van der Waals surface area contributed by atoms with Crippen LogP contribution < -0.4 is 10.6 Å². The van der Waals surface area contributed by atoms with Gasteiger partial charge in [0.05, 0.1) is 6.54 Å². The highest BCUT2D eigenvalue weighted by Gasteiger charge is 2.37. The molecule has 1 aliphatic rings.